The van der Waals surface area contributed by atoms with Crippen molar-refractivity contribution in [1.29, 1.82) is 0 Å². The molecule has 1 heterocycles. The lowest BCUT2D eigenvalue weighted by atomic mass is 9.78. The Morgan fingerprint density at radius 1 is 0.889 bits per heavy atom. The van der Waals surface area contributed by atoms with Crippen molar-refractivity contribution < 1.29 is 9.53 Å². The number of rotatable bonds is 6. The Morgan fingerprint density at radius 3 is 2.22 bits per heavy atom. The Morgan fingerprint density at radius 2 is 1.56 bits per heavy atom. The third-order valence-electron chi connectivity index (χ3n) is 6.99. The van der Waals surface area contributed by atoms with Gasteiger partial charge in [-0.1, -0.05) is 50.2 Å². The number of allylic oxidation sites excluding steroid dienone is 1. The maximum atomic E-state index is 13.7. The predicted molar refractivity (Wildman–Crippen MR) is 148 cm³/mol. The number of hydrogen-bond donors (Lipinski definition) is 2. The largest absolute Gasteiger partial charge is 0.493 e. The van der Waals surface area contributed by atoms with E-state index in [2.05, 4.69) is 77.9 Å². The van der Waals surface area contributed by atoms with Crippen molar-refractivity contribution in [2.45, 2.75) is 38.6 Å². The van der Waals surface area contributed by atoms with E-state index >= 15 is 0 Å². The van der Waals surface area contributed by atoms with Gasteiger partial charge in [0, 0.05) is 37.5 Å². The fraction of sp³-hybridized carbons (Fsp3) is 0.323. The van der Waals surface area contributed by atoms with Crippen LogP contribution in [0.15, 0.2) is 84.1 Å². The molecule has 0 radical (unpaired) electrons. The normalized spacial score (nSPS) is 19.1. The van der Waals surface area contributed by atoms with Crippen molar-refractivity contribution in [3.05, 3.63) is 95.2 Å². The summed E-state index contributed by atoms with van der Waals surface area (Å²) in [6.07, 6.45) is 1.30. The fourth-order valence-electron chi connectivity index (χ4n) is 5.04. The van der Waals surface area contributed by atoms with Crippen LogP contribution in [-0.4, -0.2) is 26.5 Å². The SMILES string of the molecule is CC(C)COc1ccc(C2Nc3ccccc3NC3=C2C(=O)CC(c2ccc(N(C)C)cc2)C3)cc1. The highest BCUT2D eigenvalue weighted by Crippen LogP contribution is 2.44. The summed E-state index contributed by atoms with van der Waals surface area (Å²) in [4.78, 5) is 15.8. The topological polar surface area (TPSA) is 53.6 Å². The second-order valence-electron chi connectivity index (χ2n) is 10.4. The minimum Gasteiger partial charge on any atom is -0.493 e. The first kappa shape index (κ1) is 24.0. The molecular formula is C31H35N3O2. The maximum Gasteiger partial charge on any atom is 0.163 e. The van der Waals surface area contributed by atoms with E-state index in [-0.39, 0.29) is 17.7 Å². The summed E-state index contributed by atoms with van der Waals surface area (Å²) in [5, 5.41) is 7.29. The Balaban J connectivity index is 1.49. The van der Waals surface area contributed by atoms with Crippen LogP contribution in [0.25, 0.3) is 0 Å². The van der Waals surface area contributed by atoms with E-state index < -0.39 is 0 Å². The molecule has 5 heteroatoms. The number of hydrogen-bond acceptors (Lipinski definition) is 5. The number of ketones is 1. The van der Waals surface area contributed by atoms with Gasteiger partial charge in [-0.15, -0.1) is 0 Å². The molecule has 3 aromatic carbocycles. The summed E-state index contributed by atoms with van der Waals surface area (Å²) in [6, 6.07) is 24.7. The fourth-order valence-corrected chi connectivity index (χ4v) is 5.04. The van der Waals surface area contributed by atoms with Crippen LogP contribution >= 0.6 is 0 Å². The van der Waals surface area contributed by atoms with E-state index in [4.69, 9.17) is 4.74 Å². The Bertz CT molecular complexity index is 1260. The minimum absolute atomic E-state index is 0.151. The van der Waals surface area contributed by atoms with Crippen molar-refractivity contribution in [3.8, 4) is 5.75 Å². The van der Waals surface area contributed by atoms with Gasteiger partial charge in [0.2, 0.25) is 0 Å². The van der Waals surface area contributed by atoms with Crippen LogP contribution in [0.3, 0.4) is 0 Å². The number of benzene rings is 3. The second-order valence-corrected chi connectivity index (χ2v) is 10.4. The van der Waals surface area contributed by atoms with Crippen LogP contribution in [0, 0.1) is 5.92 Å². The van der Waals surface area contributed by atoms with E-state index in [0.717, 1.165) is 46.1 Å². The highest BCUT2D eigenvalue weighted by Gasteiger charge is 2.36. The lowest BCUT2D eigenvalue weighted by Gasteiger charge is -2.30. The molecule has 2 atom stereocenters. The third-order valence-corrected chi connectivity index (χ3v) is 6.99. The standard InChI is InChI=1S/C31H35N3O2/c1-20(2)19-36-25-15-11-22(12-16-25)31-30-28(32-26-7-5-6-8-27(26)33-31)17-23(18-29(30)35)21-9-13-24(14-10-21)34(3)4/h5-16,20,23,31-33H,17-19H2,1-4H3. The number of Topliss-reactive ketones (excluding diaryl/α,β-unsaturated/α-hetero) is 1. The van der Waals surface area contributed by atoms with E-state index in [1.54, 1.807) is 0 Å². The second kappa shape index (κ2) is 10.1. The molecule has 3 aromatic rings. The van der Waals surface area contributed by atoms with Crippen molar-refractivity contribution in [2.75, 3.05) is 36.2 Å². The number of ether oxygens (including phenoxy) is 1. The van der Waals surface area contributed by atoms with Gasteiger partial charge in [0.05, 0.1) is 24.0 Å². The van der Waals surface area contributed by atoms with Gasteiger partial charge in [0.25, 0.3) is 0 Å². The first-order valence-corrected chi connectivity index (χ1v) is 12.8. The zero-order chi connectivity index (χ0) is 25.2. The van der Waals surface area contributed by atoms with Gasteiger partial charge in [-0.25, -0.2) is 0 Å². The van der Waals surface area contributed by atoms with Crippen LogP contribution in [0.4, 0.5) is 17.1 Å². The smallest absolute Gasteiger partial charge is 0.163 e. The monoisotopic (exact) mass is 481 g/mol. The highest BCUT2D eigenvalue weighted by atomic mass is 16.5. The molecule has 0 aromatic heterocycles. The van der Waals surface area contributed by atoms with E-state index in [1.165, 1.54) is 5.56 Å². The zero-order valence-corrected chi connectivity index (χ0v) is 21.5. The maximum absolute atomic E-state index is 13.7. The third kappa shape index (κ3) is 4.97. The van der Waals surface area contributed by atoms with Gasteiger partial charge in [0.1, 0.15) is 5.75 Å². The quantitative estimate of drug-likeness (QED) is 0.407. The molecule has 0 fully saturated rings. The van der Waals surface area contributed by atoms with Crippen LogP contribution in [0.2, 0.25) is 0 Å². The Kier molecular flexibility index (Phi) is 6.73. The van der Waals surface area contributed by atoms with Crippen molar-refractivity contribution >= 4 is 22.8 Å². The summed E-state index contributed by atoms with van der Waals surface area (Å²) >= 11 is 0. The molecule has 0 saturated carbocycles. The summed E-state index contributed by atoms with van der Waals surface area (Å²) in [6.45, 7) is 4.96. The van der Waals surface area contributed by atoms with Crippen molar-refractivity contribution in [1.82, 2.24) is 0 Å². The van der Waals surface area contributed by atoms with E-state index in [1.807, 2.05) is 38.4 Å². The van der Waals surface area contributed by atoms with Crippen LogP contribution in [-0.2, 0) is 4.79 Å². The number of carbonyl (C=O) groups excluding carboxylic acids is 1. The molecule has 1 aliphatic carbocycles. The molecule has 5 rings (SSSR count). The number of anilines is 3. The average molecular weight is 482 g/mol. The summed E-state index contributed by atoms with van der Waals surface area (Å²) in [7, 11) is 4.08. The first-order valence-electron chi connectivity index (χ1n) is 12.8. The molecule has 2 N–H and O–H groups in total. The molecule has 0 amide bonds. The molecule has 2 aliphatic rings. The molecule has 1 aliphatic heterocycles. The van der Waals surface area contributed by atoms with Gasteiger partial charge < -0.3 is 20.3 Å². The number of nitrogens with zero attached hydrogens (tertiary/aromatic N) is 1. The summed E-state index contributed by atoms with van der Waals surface area (Å²) in [5.74, 6) is 1.66. The van der Waals surface area contributed by atoms with E-state index in [9.17, 15) is 4.79 Å². The van der Waals surface area contributed by atoms with E-state index in [0.29, 0.717) is 18.9 Å². The lowest BCUT2D eigenvalue weighted by molar-refractivity contribution is -0.116. The van der Waals surface area contributed by atoms with Gasteiger partial charge in [-0.3, -0.25) is 4.79 Å². The van der Waals surface area contributed by atoms with Gasteiger partial charge in [-0.05, 0) is 65.8 Å². The molecular weight excluding hydrogens is 446 g/mol. The lowest BCUT2D eigenvalue weighted by Crippen LogP contribution is -2.26. The number of carbonyl (C=O) groups is 1. The molecule has 5 nitrogen and oxygen atoms in total. The first-order chi connectivity index (χ1) is 17.4. The molecule has 186 valence electrons. The van der Waals surface area contributed by atoms with Crippen LogP contribution in [0.1, 0.15) is 49.8 Å². The molecule has 0 bridgehead atoms. The average Bonchev–Trinajstić information content (AvgIpc) is 3.05. The molecule has 2 unspecified atom stereocenters. The van der Waals surface area contributed by atoms with Crippen molar-refractivity contribution in [2.24, 2.45) is 5.92 Å². The van der Waals surface area contributed by atoms with Gasteiger partial charge >= 0.3 is 0 Å². The number of nitrogens with one attached hydrogen (secondary N) is 2. The number of fused-ring (bicyclic) bond motifs is 1. The van der Waals surface area contributed by atoms with Crippen LogP contribution < -0.4 is 20.3 Å². The van der Waals surface area contributed by atoms with Crippen LogP contribution in [0.5, 0.6) is 5.75 Å². The molecule has 0 spiro atoms. The Hall–Kier alpha value is -3.73. The molecule has 0 saturated heterocycles. The number of para-hydroxylation sites is 2. The summed E-state index contributed by atoms with van der Waals surface area (Å²) < 4.78 is 5.89. The predicted octanol–water partition coefficient (Wildman–Crippen LogP) is 6.77. The van der Waals surface area contributed by atoms with Gasteiger partial charge in [0.15, 0.2) is 5.78 Å². The van der Waals surface area contributed by atoms with Crippen molar-refractivity contribution in [3.63, 3.8) is 0 Å². The minimum atomic E-state index is -0.222. The summed E-state index contributed by atoms with van der Waals surface area (Å²) in [5.41, 5.74) is 7.26. The zero-order valence-electron chi connectivity index (χ0n) is 21.5. The molecule has 36 heavy (non-hydrogen) atoms. The Labute approximate surface area is 214 Å². The van der Waals surface area contributed by atoms with Gasteiger partial charge in [-0.2, -0.15) is 0 Å². The highest BCUT2D eigenvalue weighted by molar-refractivity contribution is 6.01.